The Morgan fingerprint density at radius 1 is 1.71 bits per heavy atom. The Morgan fingerprint density at radius 3 is 3.14 bits per heavy atom. The summed E-state index contributed by atoms with van der Waals surface area (Å²) in [5, 5.41) is 11.7. The molecule has 6 heteroatoms. The van der Waals surface area contributed by atoms with Crippen LogP contribution in [0.15, 0.2) is 0 Å². The first-order chi connectivity index (χ1) is 6.74. The summed E-state index contributed by atoms with van der Waals surface area (Å²) in [5.74, 6) is -0.815. The molecule has 0 radical (unpaired) electrons. The molecule has 0 saturated carbocycles. The molecule has 0 aromatic carbocycles. The van der Waals surface area contributed by atoms with Crippen LogP contribution in [0.1, 0.15) is 6.42 Å². The fourth-order valence-corrected chi connectivity index (χ4v) is 1.62. The Kier molecular flexibility index (Phi) is 4.91. The van der Waals surface area contributed by atoms with E-state index in [0.717, 1.165) is 13.1 Å². The molecule has 0 aromatic rings. The van der Waals surface area contributed by atoms with Crippen molar-refractivity contribution in [2.45, 2.75) is 12.5 Å². The van der Waals surface area contributed by atoms with Gasteiger partial charge in [-0.05, 0) is 0 Å². The average molecular weight is 216 g/mol. The van der Waals surface area contributed by atoms with E-state index in [1.165, 1.54) is 0 Å². The van der Waals surface area contributed by atoms with E-state index in [1.54, 1.807) is 0 Å². The van der Waals surface area contributed by atoms with Crippen LogP contribution in [0.4, 0.5) is 0 Å². The quantitative estimate of drug-likeness (QED) is 0.649. The molecule has 1 aliphatic rings. The minimum atomic E-state index is -0.815. The summed E-state index contributed by atoms with van der Waals surface area (Å²) in [4.78, 5) is 12.7. The van der Waals surface area contributed by atoms with Gasteiger partial charge in [0.05, 0.1) is 0 Å². The van der Waals surface area contributed by atoms with Gasteiger partial charge in [-0.3, -0.25) is 0 Å². The maximum absolute atomic E-state index is 10.7. The molecule has 14 heavy (non-hydrogen) atoms. The van der Waals surface area contributed by atoms with Gasteiger partial charge in [-0.15, -0.1) is 0 Å². The van der Waals surface area contributed by atoms with Crippen LogP contribution in [0.25, 0.3) is 0 Å². The molecule has 1 aliphatic heterocycles. The predicted molar refractivity (Wildman–Crippen MR) is 52.0 cm³/mol. The van der Waals surface area contributed by atoms with Crippen molar-refractivity contribution in [1.29, 1.82) is 0 Å². The van der Waals surface area contributed by atoms with Gasteiger partial charge < -0.3 is 0 Å². The molecule has 0 bridgehead atoms. The maximum atomic E-state index is 10.7. The average Bonchev–Trinajstić information content (AvgIpc) is 2.19. The minimum absolute atomic E-state index is 0.0760. The number of aliphatic carboxylic acids is 1. The number of carboxylic acids is 1. The Bertz CT molecular complexity index is 301. The number of carboxylic acid groups (broad SMARTS) is 1. The van der Waals surface area contributed by atoms with E-state index in [-0.39, 0.29) is 7.92 Å². The summed E-state index contributed by atoms with van der Waals surface area (Å²) in [5.41, 5.74) is 2.65. The number of piperazine rings is 1. The summed E-state index contributed by atoms with van der Waals surface area (Å²) in [6.07, 6.45) is 0.609. The number of rotatable bonds is 3. The Morgan fingerprint density at radius 2 is 2.50 bits per heavy atom. The van der Waals surface area contributed by atoms with Crippen LogP contribution >= 0.6 is 7.92 Å². The third kappa shape index (κ3) is 3.64. The van der Waals surface area contributed by atoms with Gasteiger partial charge in [-0.1, -0.05) is 0 Å². The molecule has 78 valence electrons. The molecule has 1 rings (SSSR count). The molecule has 0 unspecified atom stereocenters. The fraction of sp³-hybridized carbons (Fsp3) is 0.750. The third-order valence-electron chi connectivity index (χ3n) is 2.16. The van der Waals surface area contributed by atoms with Gasteiger partial charge in [0.15, 0.2) is 0 Å². The second-order valence-electron chi connectivity index (χ2n) is 3.14. The first kappa shape index (κ1) is 11.5. The number of nitrogens with zero attached hydrogens (tertiary/aromatic N) is 1. The molecular weight excluding hydrogens is 203 g/mol. The van der Waals surface area contributed by atoms with Crippen molar-refractivity contribution < 1.29 is 14.5 Å². The van der Waals surface area contributed by atoms with E-state index in [4.69, 9.17) is 5.11 Å². The normalized spacial score (nSPS) is 22.7. The van der Waals surface area contributed by atoms with E-state index >= 15 is 0 Å². The monoisotopic (exact) mass is 216 g/mol. The van der Waals surface area contributed by atoms with Gasteiger partial charge >= 0.3 is 82.8 Å². The molecule has 2 N–H and O–H groups in total. The van der Waals surface area contributed by atoms with E-state index in [1.807, 2.05) is 4.90 Å². The van der Waals surface area contributed by atoms with E-state index in [9.17, 15) is 9.36 Å². The second-order valence-corrected chi connectivity index (χ2v) is 3.64. The summed E-state index contributed by atoms with van der Waals surface area (Å²) in [6, 6.07) is -0.478. The standard InChI is InChI=1S/C8H13N2O3P/c11-8(12)7-6-10(4-2-9-7)3-1-5-14-13/h7,9H,1-4,6H2,(H,11,12)/t7-/m1/s1. The molecular formula is C8H13N2O3P. The van der Waals surface area contributed by atoms with Crippen LogP contribution in [0.3, 0.4) is 0 Å². The SMILES string of the molecule is O=P#CCCN1CCN[C@@H](C(=O)O)C1. The molecule has 1 saturated heterocycles. The van der Waals surface area contributed by atoms with Crippen LogP contribution in [-0.2, 0) is 9.36 Å². The van der Waals surface area contributed by atoms with Gasteiger partial charge in [0.25, 0.3) is 0 Å². The molecule has 1 fully saturated rings. The second kappa shape index (κ2) is 5.99. The van der Waals surface area contributed by atoms with Crippen molar-refractivity contribution >= 4 is 13.9 Å². The molecule has 0 aliphatic carbocycles. The summed E-state index contributed by atoms with van der Waals surface area (Å²) in [6.45, 7) is 2.75. The van der Waals surface area contributed by atoms with Crippen molar-refractivity contribution in [3.05, 3.63) is 0 Å². The van der Waals surface area contributed by atoms with Crippen molar-refractivity contribution in [1.82, 2.24) is 10.2 Å². The predicted octanol–water partition coefficient (Wildman–Crippen LogP) is -0.0142. The fourth-order valence-electron chi connectivity index (χ4n) is 1.43. The Hall–Kier alpha value is -0.600. The zero-order chi connectivity index (χ0) is 10.4. The van der Waals surface area contributed by atoms with Crippen LogP contribution < -0.4 is 5.32 Å². The third-order valence-corrected chi connectivity index (χ3v) is 2.51. The van der Waals surface area contributed by atoms with Crippen LogP contribution in [-0.4, -0.2) is 48.2 Å². The summed E-state index contributed by atoms with van der Waals surface area (Å²) < 4.78 is 10.1. The summed E-state index contributed by atoms with van der Waals surface area (Å²) >= 11 is 0. The van der Waals surface area contributed by atoms with Crippen molar-refractivity contribution in [2.75, 3.05) is 26.2 Å². The topological polar surface area (TPSA) is 69.6 Å². The first-order valence-electron chi connectivity index (χ1n) is 4.48. The van der Waals surface area contributed by atoms with Crippen molar-refractivity contribution in [2.24, 2.45) is 0 Å². The zero-order valence-corrected chi connectivity index (χ0v) is 8.67. The van der Waals surface area contributed by atoms with Gasteiger partial charge in [0.1, 0.15) is 0 Å². The first-order valence-corrected chi connectivity index (χ1v) is 5.29. The number of hydrogen-bond donors (Lipinski definition) is 2. The van der Waals surface area contributed by atoms with Crippen LogP contribution in [0, 0.1) is 5.63 Å². The molecule has 0 aromatic heterocycles. The van der Waals surface area contributed by atoms with Gasteiger partial charge in [0.2, 0.25) is 0 Å². The van der Waals surface area contributed by atoms with E-state index < -0.39 is 12.0 Å². The van der Waals surface area contributed by atoms with Gasteiger partial charge in [0, 0.05) is 0 Å². The number of carbonyl (C=O) groups is 1. The van der Waals surface area contributed by atoms with Crippen molar-refractivity contribution in [3.8, 4) is 5.63 Å². The van der Waals surface area contributed by atoms with E-state index in [2.05, 4.69) is 10.9 Å². The van der Waals surface area contributed by atoms with Crippen LogP contribution in [0.2, 0.25) is 0 Å². The zero-order valence-electron chi connectivity index (χ0n) is 7.77. The van der Waals surface area contributed by atoms with Crippen molar-refractivity contribution in [3.63, 3.8) is 0 Å². The van der Waals surface area contributed by atoms with Crippen LogP contribution in [0.5, 0.6) is 0 Å². The Balaban J connectivity index is 2.34. The van der Waals surface area contributed by atoms with E-state index in [0.29, 0.717) is 19.5 Å². The van der Waals surface area contributed by atoms with Gasteiger partial charge in [-0.25, -0.2) is 0 Å². The number of hydrogen-bond acceptors (Lipinski definition) is 4. The Labute approximate surface area is 83.6 Å². The molecule has 5 nitrogen and oxygen atoms in total. The molecule has 1 atom stereocenters. The number of nitrogens with one attached hydrogen (secondary N) is 1. The van der Waals surface area contributed by atoms with Gasteiger partial charge in [-0.2, -0.15) is 0 Å². The molecule has 0 spiro atoms. The molecule has 1 heterocycles. The summed E-state index contributed by atoms with van der Waals surface area (Å²) in [7, 11) is -0.0760. The molecule has 0 amide bonds.